The van der Waals surface area contributed by atoms with E-state index in [1.54, 1.807) is 20.3 Å². The maximum absolute atomic E-state index is 10.7. The van der Waals surface area contributed by atoms with Crippen LogP contribution in [0.2, 0.25) is 0 Å². The molecule has 1 heterocycles. The molecule has 1 aliphatic heterocycles. The van der Waals surface area contributed by atoms with Gasteiger partial charge in [-0.3, -0.25) is 5.43 Å². The van der Waals surface area contributed by atoms with Crippen molar-refractivity contribution in [3.05, 3.63) is 77.9 Å². The Kier molecular flexibility index (Phi) is 6.45. The number of hydrogen-bond acceptors (Lipinski definition) is 7. The average molecular weight is 422 g/mol. The lowest BCUT2D eigenvalue weighted by Gasteiger charge is -2.22. The second-order valence-corrected chi connectivity index (χ2v) is 7.17. The van der Waals surface area contributed by atoms with Crippen molar-refractivity contribution in [2.24, 2.45) is 0 Å². The number of phenols is 1. The summed E-state index contributed by atoms with van der Waals surface area (Å²) in [7, 11) is 3.25. The smallest absolute Gasteiger partial charge is 0.161 e. The third kappa shape index (κ3) is 4.84. The van der Waals surface area contributed by atoms with E-state index in [1.807, 2.05) is 60.7 Å². The first-order chi connectivity index (χ1) is 15.2. The predicted octanol–water partition coefficient (Wildman–Crippen LogP) is 3.58. The normalized spacial score (nSPS) is 17.9. The van der Waals surface area contributed by atoms with Gasteiger partial charge in [0, 0.05) is 18.2 Å². The number of para-hydroxylation sites is 2. The standard InChI is InChI=1S/C24H26N2O5/c1-28-17-9-7-16(8-10-17)15-30-18-11-12-19(20(27)13-18)24-23(14-25-26-24)31-22-6-4-3-5-21(22)29-2/h3-13,23-27H,14-15H2,1-2H3. The highest BCUT2D eigenvalue weighted by Crippen LogP contribution is 2.35. The highest BCUT2D eigenvalue weighted by Gasteiger charge is 2.32. The Labute approximate surface area is 181 Å². The van der Waals surface area contributed by atoms with E-state index in [0.29, 0.717) is 30.4 Å². The van der Waals surface area contributed by atoms with Crippen molar-refractivity contribution >= 4 is 0 Å². The summed E-state index contributed by atoms with van der Waals surface area (Å²) in [5.74, 6) is 2.85. The van der Waals surface area contributed by atoms with Crippen molar-refractivity contribution < 1.29 is 24.1 Å². The summed E-state index contributed by atoms with van der Waals surface area (Å²) < 4.78 is 22.5. The molecule has 3 aromatic carbocycles. The zero-order valence-electron chi connectivity index (χ0n) is 17.5. The summed E-state index contributed by atoms with van der Waals surface area (Å²) >= 11 is 0. The van der Waals surface area contributed by atoms with Crippen LogP contribution in [-0.4, -0.2) is 32.0 Å². The van der Waals surface area contributed by atoms with Crippen LogP contribution >= 0.6 is 0 Å². The van der Waals surface area contributed by atoms with Gasteiger partial charge in [-0.1, -0.05) is 24.3 Å². The van der Waals surface area contributed by atoms with E-state index in [4.69, 9.17) is 18.9 Å². The minimum absolute atomic E-state index is 0.141. The lowest BCUT2D eigenvalue weighted by molar-refractivity contribution is 0.187. The molecule has 0 amide bonds. The zero-order chi connectivity index (χ0) is 21.6. The molecule has 0 aliphatic carbocycles. The van der Waals surface area contributed by atoms with E-state index >= 15 is 0 Å². The fraction of sp³-hybridized carbons (Fsp3) is 0.250. The van der Waals surface area contributed by atoms with E-state index < -0.39 is 0 Å². The monoisotopic (exact) mass is 422 g/mol. The zero-order valence-corrected chi connectivity index (χ0v) is 17.5. The molecular formula is C24H26N2O5. The van der Waals surface area contributed by atoms with Gasteiger partial charge in [-0.2, -0.15) is 0 Å². The molecule has 3 N–H and O–H groups in total. The molecule has 0 spiro atoms. The minimum Gasteiger partial charge on any atom is -0.507 e. The van der Waals surface area contributed by atoms with Gasteiger partial charge in [-0.25, -0.2) is 5.43 Å². The molecule has 1 aliphatic rings. The number of benzene rings is 3. The molecule has 7 nitrogen and oxygen atoms in total. The number of rotatable bonds is 8. The molecular weight excluding hydrogens is 396 g/mol. The summed E-state index contributed by atoms with van der Waals surface area (Å²) in [6.45, 7) is 0.976. The quantitative estimate of drug-likeness (QED) is 0.512. The fourth-order valence-electron chi connectivity index (χ4n) is 3.51. The SMILES string of the molecule is COc1ccc(COc2ccc(C3NNCC3Oc3ccccc3OC)c(O)c2)cc1. The molecule has 0 aromatic heterocycles. The number of hydrogen-bond donors (Lipinski definition) is 3. The lowest BCUT2D eigenvalue weighted by Crippen LogP contribution is -2.28. The van der Waals surface area contributed by atoms with Crippen molar-refractivity contribution in [1.82, 2.24) is 10.9 Å². The van der Waals surface area contributed by atoms with Gasteiger partial charge in [0.2, 0.25) is 0 Å². The fourth-order valence-corrected chi connectivity index (χ4v) is 3.51. The molecule has 3 aromatic rings. The first-order valence-electron chi connectivity index (χ1n) is 10.0. The summed E-state index contributed by atoms with van der Waals surface area (Å²) in [4.78, 5) is 0. The first kappa shape index (κ1) is 20.8. The summed E-state index contributed by atoms with van der Waals surface area (Å²) in [5, 5.41) is 10.7. The molecule has 0 bridgehead atoms. The first-order valence-corrected chi connectivity index (χ1v) is 10.0. The number of ether oxygens (including phenoxy) is 4. The summed E-state index contributed by atoms with van der Waals surface area (Å²) in [5.41, 5.74) is 8.02. The number of hydrazine groups is 1. The van der Waals surface area contributed by atoms with Crippen LogP contribution in [0.1, 0.15) is 17.2 Å². The Morgan fingerprint density at radius 1 is 0.903 bits per heavy atom. The Bertz CT molecular complexity index is 1010. The second-order valence-electron chi connectivity index (χ2n) is 7.17. The molecule has 1 saturated heterocycles. The van der Waals surface area contributed by atoms with Crippen LogP contribution in [0, 0.1) is 0 Å². The van der Waals surface area contributed by atoms with Crippen LogP contribution in [0.4, 0.5) is 0 Å². The Morgan fingerprint density at radius 2 is 1.65 bits per heavy atom. The molecule has 4 rings (SSSR count). The molecule has 1 fully saturated rings. The van der Waals surface area contributed by atoms with Crippen LogP contribution < -0.4 is 29.8 Å². The largest absolute Gasteiger partial charge is 0.507 e. The summed E-state index contributed by atoms with van der Waals surface area (Å²) in [6.07, 6.45) is -0.228. The van der Waals surface area contributed by atoms with Gasteiger partial charge in [0.15, 0.2) is 11.5 Å². The van der Waals surface area contributed by atoms with Gasteiger partial charge in [0.05, 0.1) is 20.3 Å². The topological polar surface area (TPSA) is 81.2 Å². The molecule has 162 valence electrons. The van der Waals surface area contributed by atoms with Crippen molar-refractivity contribution in [3.63, 3.8) is 0 Å². The number of aromatic hydroxyl groups is 1. The van der Waals surface area contributed by atoms with E-state index in [2.05, 4.69) is 10.9 Å². The van der Waals surface area contributed by atoms with Crippen LogP contribution in [0.3, 0.4) is 0 Å². The maximum atomic E-state index is 10.7. The molecule has 2 atom stereocenters. The number of methoxy groups -OCH3 is 2. The maximum Gasteiger partial charge on any atom is 0.161 e. The highest BCUT2D eigenvalue weighted by atomic mass is 16.5. The number of nitrogens with one attached hydrogen (secondary N) is 2. The van der Waals surface area contributed by atoms with E-state index in [-0.39, 0.29) is 17.9 Å². The Hall–Kier alpha value is -3.42. The van der Waals surface area contributed by atoms with E-state index in [1.165, 1.54) is 0 Å². The lowest BCUT2D eigenvalue weighted by atomic mass is 10.0. The third-order valence-electron chi connectivity index (χ3n) is 5.18. The van der Waals surface area contributed by atoms with Gasteiger partial charge >= 0.3 is 0 Å². The van der Waals surface area contributed by atoms with E-state index in [0.717, 1.165) is 16.9 Å². The van der Waals surface area contributed by atoms with Gasteiger partial charge in [0.25, 0.3) is 0 Å². The van der Waals surface area contributed by atoms with Crippen LogP contribution in [0.15, 0.2) is 66.7 Å². The van der Waals surface area contributed by atoms with Crippen LogP contribution in [0.5, 0.6) is 28.7 Å². The van der Waals surface area contributed by atoms with Crippen molar-refractivity contribution in [3.8, 4) is 28.7 Å². The van der Waals surface area contributed by atoms with Crippen molar-refractivity contribution in [2.75, 3.05) is 20.8 Å². The van der Waals surface area contributed by atoms with Gasteiger partial charge in [0.1, 0.15) is 30.0 Å². The molecule has 0 radical (unpaired) electrons. The van der Waals surface area contributed by atoms with Crippen molar-refractivity contribution in [1.29, 1.82) is 0 Å². The second kappa shape index (κ2) is 9.59. The van der Waals surface area contributed by atoms with Crippen LogP contribution in [-0.2, 0) is 6.61 Å². The predicted molar refractivity (Wildman–Crippen MR) is 117 cm³/mol. The molecule has 2 unspecified atom stereocenters. The Morgan fingerprint density at radius 3 is 2.35 bits per heavy atom. The van der Waals surface area contributed by atoms with Gasteiger partial charge in [-0.05, 0) is 42.0 Å². The van der Waals surface area contributed by atoms with Gasteiger partial charge < -0.3 is 24.1 Å². The average Bonchev–Trinajstić information content (AvgIpc) is 3.26. The van der Waals surface area contributed by atoms with Gasteiger partial charge in [-0.15, -0.1) is 0 Å². The van der Waals surface area contributed by atoms with E-state index in [9.17, 15) is 5.11 Å². The number of phenolic OH excluding ortho intramolecular Hbond substituents is 1. The molecule has 0 saturated carbocycles. The summed E-state index contributed by atoms with van der Waals surface area (Å²) in [6, 6.07) is 20.3. The molecule has 7 heteroatoms. The third-order valence-corrected chi connectivity index (χ3v) is 5.18. The Balaban J connectivity index is 1.44. The minimum atomic E-state index is -0.236. The molecule has 31 heavy (non-hydrogen) atoms. The highest BCUT2D eigenvalue weighted by molar-refractivity contribution is 5.44. The van der Waals surface area contributed by atoms with Crippen molar-refractivity contribution in [2.45, 2.75) is 18.8 Å². The van der Waals surface area contributed by atoms with Crippen LogP contribution in [0.25, 0.3) is 0 Å².